The van der Waals surface area contributed by atoms with E-state index < -0.39 is 0 Å². The van der Waals surface area contributed by atoms with Gasteiger partial charge < -0.3 is 14.8 Å². The van der Waals surface area contributed by atoms with Crippen LogP contribution in [0.3, 0.4) is 0 Å². The molecule has 1 aliphatic heterocycles. The number of ether oxygens (including phenoxy) is 2. The van der Waals surface area contributed by atoms with Crippen LogP contribution in [0, 0.1) is 0 Å². The Bertz CT molecular complexity index is 218. The monoisotopic (exact) mass is 244 g/mol. The van der Waals surface area contributed by atoms with E-state index in [1.54, 1.807) is 0 Å². The van der Waals surface area contributed by atoms with Crippen LogP contribution >= 0.6 is 0 Å². The summed E-state index contributed by atoms with van der Waals surface area (Å²) < 4.78 is 10.6. The van der Waals surface area contributed by atoms with E-state index in [9.17, 15) is 0 Å². The maximum atomic E-state index is 5.42. The Kier molecular flexibility index (Phi) is 7.70. The van der Waals surface area contributed by atoms with Crippen molar-refractivity contribution in [3.63, 3.8) is 0 Å². The summed E-state index contributed by atoms with van der Waals surface area (Å²) in [7, 11) is 0. The van der Waals surface area contributed by atoms with Gasteiger partial charge in [-0.1, -0.05) is 0 Å². The van der Waals surface area contributed by atoms with Crippen molar-refractivity contribution in [2.45, 2.75) is 32.2 Å². The van der Waals surface area contributed by atoms with Crippen LogP contribution in [0.2, 0.25) is 0 Å². The molecule has 0 saturated carbocycles. The van der Waals surface area contributed by atoms with E-state index in [0.717, 1.165) is 45.7 Å². The highest BCUT2D eigenvalue weighted by atomic mass is 16.5. The van der Waals surface area contributed by atoms with Crippen molar-refractivity contribution in [2.75, 3.05) is 33.0 Å². The predicted molar refractivity (Wildman–Crippen MR) is 67.7 cm³/mol. The highest BCUT2D eigenvalue weighted by Gasteiger charge is 2.14. The molecule has 17 heavy (non-hydrogen) atoms. The van der Waals surface area contributed by atoms with E-state index in [4.69, 9.17) is 15.3 Å². The summed E-state index contributed by atoms with van der Waals surface area (Å²) in [6, 6.07) is 0.311. The van der Waals surface area contributed by atoms with Gasteiger partial charge in [0.15, 0.2) is 0 Å². The Morgan fingerprint density at radius 1 is 1.59 bits per heavy atom. The number of hydrogen-bond acceptors (Lipinski definition) is 4. The van der Waals surface area contributed by atoms with Crippen molar-refractivity contribution in [3.8, 4) is 0 Å². The molecule has 1 rings (SSSR count). The van der Waals surface area contributed by atoms with Gasteiger partial charge in [-0.2, -0.15) is 0 Å². The Hall–Kier alpha value is -0.850. The third-order valence-corrected chi connectivity index (χ3v) is 2.56. The molecule has 0 radical (unpaired) electrons. The van der Waals surface area contributed by atoms with Crippen LogP contribution in [-0.4, -0.2) is 45.0 Å². The first-order valence-electron chi connectivity index (χ1n) is 6.30. The minimum absolute atomic E-state index is 0.311. The number of hydrazine groups is 1. The number of hydrogen-bond donors (Lipinski definition) is 3. The zero-order chi connectivity index (χ0) is 12.3. The third kappa shape index (κ3) is 6.45. The lowest BCUT2D eigenvalue weighted by atomic mass is 10.1. The Morgan fingerprint density at radius 2 is 2.47 bits per heavy atom. The molecule has 1 heterocycles. The first-order chi connectivity index (χ1) is 8.36. The standard InChI is InChI=1S/C11H24N4O2/c1-2-16-8-4-6-13-11(15-12)14-10-5-3-7-17-9-10/h10H,2-9,12H2,1H3,(H2,13,14,15). The largest absolute Gasteiger partial charge is 0.382 e. The van der Waals surface area contributed by atoms with Crippen LogP contribution in [0.5, 0.6) is 0 Å². The molecule has 100 valence electrons. The number of aliphatic imine (C=N–C) groups is 1. The van der Waals surface area contributed by atoms with Gasteiger partial charge in [-0.3, -0.25) is 10.4 Å². The van der Waals surface area contributed by atoms with Crippen molar-refractivity contribution in [1.82, 2.24) is 10.7 Å². The second-order valence-electron chi connectivity index (χ2n) is 3.98. The Balaban J connectivity index is 2.18. The molecule has 0 bridgehead atoms. The normalized spacial score (nSPS) is 21.3. The molecule has 1 atom stereocenters. The fourth-order valence-corrected chi connectivity index (χ4v) is 1.68. The number of nitrogens with zero attached hydrogens (tertiary/aromatic N) is 1. The maximum absolute atomic E-state index is 5.42. The fourth-order valence-electron chi connectivity index (χ4n) is 1.68. The molecule has 1 unspecified atom stereocenters. The second kappa shape index (κ2) is 9.21. The highest BCUT2D eigenvalue weighted by Crippen LogP contribution is 2.05. The number of nitrogens with one attached hydrogen (secondary N) is 2. The molecule has 1 fully saturated rings. The molecule has 0 aromatic heterocycles. The minimum atomic E-state index is 0.311. The van der Waals surface area contributed by atoms with Crippen LogP contribution in [0.15, 0.2) is 4.99 Å². The first-order valence-corrected chi connectivity index (χ1v) is 6.30. The van der Waals surface area contributed by atoms with Gasteiger partial charge in [0.2, 0.25) is 5.96 Å². The first kappa shape index (κ1) is 14.2. The number of nitrogens with two attached hydrogens (primary N) is 1. The van der Waals surface area contributed by atoms with Crippen molar-refractivity contribution in [2.24, 2.45) is 10.8 Å². The molecule has 0 spiro atoms. The van der Waals surface area contributed by atoms with Crippen molar-refractivity contribution < 1.29 is 9.47 Å². The summed E-state index contributed by atoms with van der Waals surface area (Å²) in [5, 5.41) is 3.24. The van der Waals surface area contributed by atoms with Crippen LogP contribution < -0.4 is 16.6 Å². The summed E-state index contributed by atoms with van der Waals surface area (Å²) in [5.74, 6) is 6.05. The molecule has 6 heteroatoms. The SMILES string of the molecule is CCOCCCN=C(NN)NC1CCCOC1. The average molecular weight is 244 g/mol. The van der Waals surface area contributed by atoms with Gasteiger partial charge in [0.25, 0.3) is 0 Å². The summed E-state index contributed by atoms with van der Waals surface area (Å²) in [4.78, 5) is 4.34. The van der Waals surface area contributed by atoms with Gasteiger partial charge in [-0.15, -0.1) is 0 Å². The molecule has 0 aliphatic carbocycles. The van der Waals surface area contributed by atoms with Gasteiger partial charge in [-0.05, 0) is 26.2 Å². The number of rotatable bonds is 6. The molecule has 0 aromatic carbocycles. The van der Waals surface area contributed by atoms with Crippen LogP contribution in [0.4, 0.5) is 0 Å². The Labute approximate surface area is 103 Å². The van der Waals surface area contributed by atoms with Gasteiger partial charge in [0, 0.05) is 26.4 Å². The molecule has 0 aromatic rings. The van der Waals surface area contributed by atoms with Crippen molar-refractivity contribution in [1.29, 1.82) is 0 Å². The molecule has 1 saturated heterocycles. The molecular weight excluding hydrogens is 220 g/mol. The molecular formula is C11H24N4O2. The fraction of sp³-hybridized carbons (Fsp3) is 0.909. The smallest absolute Gasteiger partial charge is 0.206 e. The molecule has 4 N–H and O–H groups in total. The van der Waals surface area contributed by atoms with E-state index in [0.29, 0.717) is 18.5 Å². The van der Waals surface area contributed by atoms with E-state index >= 15 is 0 Å². The van der Waals surface area contributed by atoms with E-state index in [-0.39, 0.29) is 0 Å². The maximum Gasteiger partial charge on any atom is 0.206 e. The summed E-state index contributed by atoms with van der Waals surface area (Å²) in [6.45, 7) is 5.77. The topological polar surface area (TPSA) is 80.9 Å². The number of guanidine groups is 1. The van der Waals surface area contributed by atoms with E-state index in [1.165, 1.54) is 0 Å². The zero-order valence-corrected chi connectivity index (χ0v) is 10.6. The Morgan fingerprint density at radius 3 is 3.12 bits per heavy atom. The lowest BCUT2D eigenvalue weighted by Gasteiger charge is -2.24. The molecule has 1 aliphatic rings. The van der Waals surface area contributed by atoms with E-state index in [2.05, 4.69) is 15.7 Å². The minimum Gasteiger partial charge on any atom is -0.382 e. The summed E-state index contributed by atoms with van der Waals surface area (Å²) in [6.07, 6.45) is 3.08. The second-order valence-corrected chi connectivity index (χ2v) is 3.98. The summed E-state index contributed by atoms with van der Waals surface area (Å²) >= 11 is 0. The third-order valence-electron chi connectivity index (χ3n) is 2.56. The van der Waals surface area contributed by atoms with Gasteiger partial charge in [-0.25, -0.2) is 5.84 Å². The van der Waals surface area contributed by atoms with Crippen LogP contribution in [0.25, 0.3) is 0 Å². The van der Waals surface area contributed by atoms with Gasteiger partial charge in [0.1, 0.15) is 0 Å². The van der Waals surface area contributed by atoms with Crippen LogP contribution in [-0.2, 0) is 9.47 Å². The quantitative estimate of drug-likeness (QED) is 0.201. The molecule has 0 amide bonds. The van der Waals surface area contributed by atoms with Gasteiger partial charge >= 0.3 is 0 Å². The van der Waals surface area contributed by atoms with Crippen molar-refractivity contribution >= 4 is 5.96 Å². The highest BCUT2D eigenvalue weighted by molar-refractivity contribution is 5.79. The zero-order valence-electron chi connectivity index (χ0n) is 10.6. The lowest BCUT2D eigenvalue weighted by Crippen LogP contribution is -2.49. The van der Waals surface area contributed by atoms with Crippen LogP contribution in [0.1, 0.15) is 26.2 Å². The average Bonchev–Trinajstić information content (AvgIpc) is 2.38. The van der Waals surface area contributed by atoms with Crippen molar-refractivity contribution in [3.05, 3.63) is 0 Å². The van der Waals surface area contributed by atoms with Gasteiger partial charge in [0.05, 0.1) is 12.6 Å². The predicted octanol–water partition coefficient (Wildman–Crippen LogP) is 0.000900. The summed E-state index contributed by atoms with van der Waals surface area (Å²) in [5.41, 5.74) is 2.58. The lowest BCUT2D eigenvalue weighted by molar-refractivity contribution is 0.0761. The molecule has 6 nitrogen and oxygen atoms in total. The van der Waals surface area contributed by atoms with E-state index in [1.807, 2.05) is 6.92 Å².